The van der Waals surface area contributed by atoms with Crippen LogP contribution in [0.5, 0.6) is 0 Å². The molecule has 2 atom stereocenters. The predicted octanol–water partition coefficient (Wildman–Crippen LogP) is 8.61. The summed E-state index contributed by atoms with van der Waals surface area (Å²) >= 11 is 0. The van der Waals surface area contributed by atoms with Crippen LogP contribution in [0.25, 0.3) is 5.70 Å². The number of piperidine rings is 1. The van der Waals surface area contributed by atoms with Crippen LogP contribution in [0.4, 0.5) is 0 Å². The SMILES string of the molecule is C=C(CNC(=C)c1ccc(C(CCC(C)(C)C)N2C(=C)C(N3CCCC[C@@H]3C)=NC23CCC(CC)CC3)cc1)NN=NC. The smallest absolute Gasteiger partial charge is 0.149 e. The Morgan fingerprint density at radius 3 is 2.42 bits per heavy atom. The van der Waals surface area contributed by atoms with Gasteiger partial charge in [0, 0.05) is 24.0 Å². The van der Waals surface area contributed by atoms with E-state index in [4.69, 9.17) is 11.6 Å². The third-order valence-corrected chi connectivity index (χ3v) is 9.82. The van der Waals surface area contributed by atoms with Crippen molar-refractivity contribution in [3.05, 3.63) is 66.5 Å². The van der Waals surface area contributed by atoms with E-state index in [1.165, 1.54) is 44.1 Å². The lowest BCUT2D eigenvalue weighted by molar-refractivity contribution is 0.0461. The van der Waals surface area contributed by atoms with E-state index in [0.717, 1.165) is 66.6 Å². The number of benzene rings is 1. The Morgan fingerprint density at radius 2 is 1.81 bits per heavy atom. The number of aliphatic imine (C=N–C) groups is 1. The van der Waals surface area contributed by atoms with Gasteiger partial charge in [-0.2, -0.15) is 5.11 Å². The van der Waals surface area contributed by atoms with Crippen molar-refractivity contribution in [3.8, 4) is 0 Å². The van der Waals surface area contributed by atoms with Crippen LogP contribution in [0.3, 0.4) is 0 Å². The molecule has 1 aromatic carbocycles. The molecule has 2 heterocycles. The fraction of sp³-hybridized carbons (Fsp3) is 0.639. The minimum atomic E-state index is -0.204. The van der Waals surface area contributed by atoms with Crippen LogP contribution in [0.15, 0.2) is 70.7 Å². The van der Waals surface area contributed by atoms with E-state index < -0.39 is 0 Å². The maximum absolute atomic E-state index is 5.70. The van der Waals surface area contributed by atoms with Crippen molar-refractivity contribution in [1.29, 1.82) is 0 Å². The highest BCUT2D eigenvalue weighted by molar-refractivity contribution is 5.99. The molecule has 1 spiro atoms. The summed E-state index contributed by atoms with van der Waals surface area (Å²) < 4.78 is 0. The summed E-state index contributed by atoms with van der Waals surface area (Å²) in [5.74, 6) is 1.96. The zero-order chi connectivity index (χ0) is 31.2. The van der Waals surface area contributed by atoms with E-state index in [2.05, 4.69) is 103 Å². The number of hydrogen-bond donors (Lipinski definition) is 2. The fourth-order valence-corrected chi connectivity index (χ4v) is 7.09. The van der Waals surface area contributed by atoms with E-state index in [1.807, 2.05) is 0 Å². The number of hydrogen-bond acceptors (Lipinski definition) is 6. The molecule has 1 saturated carbocycles. The van der Waals surface area contributed by atoms with Gasteiger partial charge in [-0.1, -0.05) is 83.3 Å². The van der Waals surface area contributed by atoms with Crippen molar-refractivity contribution in [2.45, 2.75) is 117 Å². The van der Waals surface area contributed by atoms with Gasteiger partial charge in [-0.3, -0.25) is 5.43 Å². The van der Waals surface area contributed by atoms with Crippen molar-refractivity contribution >= 4 is 11.5 Å². The molecule has 2 aliphatic heterocycles. The normalized spacial score (nSPS) is 25.3. The Bertz CT molecular complexity index is 1180. The molecule has 1 aliphatic carbocycles. The minimum absolute atomic E-state index is 0.204. The molecule has 1 unspecified atom stereocenters. The van der Waals surface area contributed by atoms with E-state index in [1.54, 1.807) is 7.05 Å². The second kappa shape index (κ2) is 14.1. The molecule has 7 heteroatoms. The van der Waals surface area contributed by atoms with Gasteiger partial charge in [0.15, 0.2) is 0 Å². The van der Waals surface area contributed by atoms with Gasteiger partial charge < -0.3 is 15.1 Å². The molecule has 4 rings (SSSR count). The summed E-state index contributed by atoms with van der Waals surface area (Å²) in [7, 11) is 1.62. The Balaban J connectivity index is 1.64. The quantitative estimate of drug-likeness (QED) is 0.201. The van der Waals surface area contributed by atoms with Gasteiger partial charge in [0.25, 0.3) is 0 Å². The molecule has 0 radical (unpaired) electrons. The molecule has 7 nitrogen and oxygen atoms in total. The Hall–Kier alpha value is -3.09. The fourth-order valence-electron chi connectivity index (χ4n) is 7.09. The van der Waals surface area contributed by atoms with Crippen LogP contribution in [0.1, 0.15) is 116 Å². The molecule has 0 aromatic heterocycles. The monoisotopic (exact) mass is 587 g/mol. The van der Waals surface area contributed by atoms with Crippen LogP contribution in [-0.4, -0.2) is 47.5 Å². The van der Waals surface area contributed by atoms with Crippen LogP contribution in [0, 0.1) is 11.3 Å². The second-order valence-corrected chi connectivity index (χ2v) is 14.2. The molecule has 3 aliphatic rings. The Morgan fingerprint density at radius 1 is 1.12 bits per heavy atom. The van der Waals surface area contributed by atoms with Gasteiger partial charge in [0.2, 0.25) is 0 Å². The number of amidine groups is 1. The van der Waals surface area contributed by atoms with Gasteiger partial charge >= 0.3 is 0 Å². The number of likely N-dealkylation sites (tertiary alicyclic amines) is 1. The molecule has 1 aromatic rings. The van der Waals surface area contributed by atoms with Gasteiger partial charge in [0.1, 0.15) is 11.5 Å². The third-order valence-electron chi connectivity index (χ3n) is 9.82. The van der Waals surface area contributed by atoms with Crippen molar-refractivity contribution in [2.24, 2.45) is 26.7 Å². The summed E-state index contributed by atoms with van der Waals surface area (Å²) in [5.41, 5.74) is 7.99. The van der Waals surface area contributed by atoms with Crippen molar-refractivity contribution in [2.75, 3.05) is 20.1 Å². The van der Waals surface area contributed by atoms with Gasteiger partial charge in [-0.05, 0) is 87.2 Å². The highest BCUT2D eigenvalue weighted by atomic mass is 15.4. The highest BCUT2D eigenvalue weighted by Gasteiger charge is 2.50. The summed E-state index contributed by atoms with van der Waals surface area (Å²) in [5, 5.41) is 10.9. The molecule has 0 amide bonds. The molecule has 2 N–H and O–H groups in total. The molecular formula is C36H57N7. The first-order valence-corrected chi connectivity index (χ1v) is 16.6. The third kappa shape index (κ3) is 7.90. The van der Waals surface area contributed by atoms with Gasteiger partial charge in [-0.15, -0.1) is 0 Å². The molecule has 236 valence electrons. The second-order valence-electron chi connectivity index (χ2n) is 14.2. The molecule has 43 heavy (non-hydrogen) atoms. The predicted molar refractivity (Wildman–Crippen MR) is 181 cm³/mol. The van der Waals surface area contributed by atoms with E-state index >= 15 is 0 Å². The largest absolute Gasteiger partial charge is 0.379 e. The average molecular weight is 588 g/mol. The average Bonchev–Trinajstić information content (AvgIpc) is 3.26. The summed E-state index contributed by atoms with van der Waals surface area (Å²) in [6.45, 7) is 26.5. The first-order chi connectivity index (χ1) is 20.5. The standard InChI is InChI=1S/C36H57N7/c1-10-30-18-22-36(23-19-30)39-34(42-24-12-11-13-27(42)3)29(5)43(36)33(20-21-35(6,7)8)32-16-14-31(15-17-32)28(4)38-25-26(2)40-41-37-9/h14-17,27,30,33,38H,2,4-5,10-13,18-25H2,1,3,6-9H3,(H,37,40)/t27-,30?,33?,36?/m0/s1. The lowest BCUT2D eigenvalue weighted by Crippen LogP contribution is -2.48. The summed E-state index contributed by atoms with van der Waals surface area (Å²) in [6, 6.07) is 9.72. The maximum Gasteiger partial charge on any atom is 0.149 e. The first kappa shape index (κ1) is 32.8. The van der Waals surface area contributed by atoms with E-state index in [9.17, 15) is 0 Å². The highest BCUT2D eigenvalue weighted by Crippen LogP contribution is 2.50. The van der Waals surface area contributed by atoms with Crippen molar-refractivity contribution in [1.82, 2.24) is 20.5 Å². The van der Waals surface area contributed by atoms with Crippen molar-refractivity contribution < 1.29 is 0 Å². The topological polar surface area (TPSA) is 67.6 Å². The zero-order valence-electron chi connectivity index (χ0n) is 27.9. The zero-order valence-corrected chi connectivity index (χ0v) is 27.9. The first-order valence-electron chi connectivity index (χ1n) is 16.6. The molecule has 0 bridgehead atoms. The van der Waals surface area contributed by atoms with Crippen LogP contribution in [0.2, 0.25) is 0 Å². The lowest BCUT2D eigenvalue weighted by Gasteiger charge is -2.47. The van der Waals surface area contributed by atoms with Gasteiger partial charge in [-0.25, -0.2) is 4.99 Å². The van der Waals surface area contributed by atoms with E-state index in [-0.39, 0.29) is 17.1 Å². The minimum Gasteiger partial charge on any atom is -0.379 e. The number of nitrogens with zero attached hydrogens (tertiary/aromatic N) is 5. The van der Waals surface area contributed by atoms with Crippen molar-refractivity contribution in [3.63, 3.8) is 0 Å². The molecule has 2 fully saturated rings. The maximum atomic E-state index is 5.70. The molecular weight excluding hydrogens is 530 g/mol. The van der Waals surface area contributed by atoms with E-state index in [0.29, 0.717) is 12.6 Å². The Kier molecular flexibility index (Phi) is 10.8. The molecule has 1 saturated heterocycles. The Labute approximate surface area is 261 Å². The van der Waals surface area contributed by atoms with Crippen LogP contribution in [-0.2, 0) is 0 Å². The summed E-state index contributed by atoms with van der Waals surface area (Å²) in [6.07, 6.45) is 11.9. The van der Waals surface area contributed by atoms with Crippen LogP contribution >= 0.6 is 0 Å². The number of nitrogens with one attached hydrogen (secondary N) is 2. The van der Waals surface area contributed by atoms with Gasteiger partial charge in [0.05, 0.1) is 25.3 Å². The summed E-state index contributed by atoms with van der Waals surface area (Å²) in [4.78, 5) is 11.0. The lowest BCUT2D eigenvalue weighted by atomic mass is 9.78. The number of rotatable bonds is 11. The van der Waals surface area contributed by atoms with Crippen LogP contribution < -0.4 is 10.7 Å².